The summed E-state index contributed by atoms with van der Waals surface area (Å²) in [6, 6.07) is 11.3. The van der Waals surface area contributed by atoms with Crippen LogP contribution in [-0.2, 0) is 14.3 Å². The number of carbonyl (C=O) groups is 2. The molecule has 7 nitrogen and oxygen atoms in total. The molecule has 2 aliphatic heterocycles. The Labute approximate surface area is 215 Å². The largest absolute Gasteiger partial charge is 0.379 e. The van der Waals surface area contributed by atoms with Crippen LogP contribution in [0.4, 0.5) is 0 Å². The molecule has 2 amide bonds. The summed E-state index contributed by atoms with van der Waals surface area (Å²) in [7, 11) is 0. The smallest absolute Gasteiger partial charge is 0.262 e. The highest BCUT2D eigenvalue weighted by molar-refractivity contribution is 7.12. The molecule has 1 saturated carbocycles. The van der Waals surface area contributed by atoms with Crippen molar-refractivity contribution in [3.05, 3.63) is 57.2 Å². The van der Waals surface area contributed by atoms with Crippen LogP contribution in [0.25, 0.3) is 0 Å². The lowest BCUT2D eigenvalue weighted by Gasteiger charge is -2.34. The predicted octanol–water partition coefficient (Wildman–Crippen LogP) is 4.04. The van der Waals surface area contributed by atoms with Crippen molar-refractivity contribution in [2.45, 2.75) is 31.7 Å². The number of morpholine rings is 1. The van der Waals surface area contributed by atoms with Gasteiger partial charge in [-0.1, -0.05) is 42.3 Å². The summed E-state index contributed by atoms with van der Waals surface area (Å²) in [5.41, 5.74) is 1.76. The zero-order valence-corrected chi connectivity index (χ0v) is 21.3. The van der Waals surface area contributed by atoms with E-state index in [4.69, 9.17) is 21.4 Å². The van der Waals surface area contributed by atoms with E-state index in [0.29, 0.717) is 31.2 Å². The van der Waals surface area contributed by atoms with E-state index >= 15 is 0 Å². The van der Waals surface area contributed by atoms with Crippen LogP contribution in [0.1, 0.15) is 42.2 Å². The molecule has 3 heterocycles. The Morgan fingerprint density at radius 2 is 1.94 bits per heavy atom. The summed E-state index contributed by atoms with van der Waals surface area (Å²) in [5, 5.41) is 8.95. The highest BCUT2D eigenvalue weighted by Crippen LogP contribution is 2.37. The van der Waals surface area contributed by atoms with Gasteiger partial charge in [-0.25, -0.2) is 5.01 Å². The van der Waals surface area contributed by atoms with Crippen molar-refractivity contribution in [3.8, 4) is 0 Å². The number of nitrogens with zero attached hydrogens (tertiary/aromatic N) is 4. The van der Waals surface area contributed by atoms with Crippen molar-refractivity contribution in [2.24, 2.45) is 11.0 Å². The Balaban J connectivity index is 1.35. The quantitative estimate of drug-likeness (QED) is 0.533. The number of hydrogen-bond donors (Lipinski definition) is 0. The fourth-order valence-electron chi connectivity index (χ4n) is 4.82. The zero-order valence-electron chi connectivity index (χ0n) is 19.8. The minimum absolute atomic E-state index is 0.0296. The van der Waals surface area contributed by atoms with E-state index in [0.717, 1.165) is 55.0 Å². The normalized spacial score (nSPS) is 21.0. The average Bonchev–Trinajstić information content (AvgIpc) is 3.52. The molecule has 1 saturated heterocycles. The summed E-state index contributed by atoms with van der Waals surface area (Å²) in [6.45, 7) is 4.44. The number of carbonyl (C=O) groups excluding carboxylic acids is 2. The van der Waals surface area contributed by atoms with Crippen LogP contribution < -0.4 is 0 Å². The minimum atomic E-state index is -0.284. The van der Waals surface area contributed by atoms with Gasteiger partial charge < -0.3 is 9.64 Å². The third-order valence-electron chi connectivity index (χ3n) is 7.12. The predicted molar refractivity (Wildman–Crippen MR) is 138 cm³/mol. The van der Waals surface area contributed by atoms with Crippen molar-refractivity contribution in [1.29, 1.82) is 0 Å². The topological polar surface area (TPSA) is 65.5 Å². The number of hydrazone groups is 1. The molecular weight excluding hydrogens is 484 g/mol. The summed E-state index contributed by atoms with van der Waals surface area (Å²) >= 11 is 8.15. The molecule has 2 aromatic rings. The summed E-state index contributed by atoms with van der Waals surface area (Å²) in [6.07, 6.45) is 3.50. The molecule has 0 unspecified atom stereocenters. The van der Waals surface area contributed by atoms with Crippen LogP contribution in [0.15, 0.2) is 46.9 Å². The zero-order chi connectivity index (χ0) is 24.2. The Bertz CT molecular complexity index is 1070. The lowest BCUT2D eigenvalue weighted by molar-refractivity contribution is -0.145. The van der Waals surface area contributed by atoms with Gasteiger partial charge in [-0.05, 0) is 35.9 Å². The Morgan fingerprint density at radius 3 is 2.63 bits per heavy atom. The number of benzene rings is 1. The second-order valence-electron chi connectivity index (χ2n) is 9.35. The number of hydrogen-bond acceptors (Lipinski definition) is 6. The highest BCUT2D eigenvalue weighted by Gasteiger charge is 2.37. The summed E-state index contributed by atoms with van der Waals surface area (Å²) in [4.78, 5) is 32.1. The minimum Gasteiger partial charge on any atom is -0.379 e. The van der Waals surface area contributed by atoms with Crippen molar-refractivity contribution in [3.63, 3.8) is 0 Å². The number of ether oxygens (including phenoxy) is 1. The van der Waals surface area contributed by atoms with Gasteiger partial charge in [0.15, 0.2) is 0 Å². The second-order valence-corrected chi connectivity index (χ2v) is 10.7. The van der Waals surface area contributed by atoms with Gasteiger partial charge in [-0.2, -0.15) is 5.10 Å². The number of halogens is 1. The molecule has 1 atom stereocenters. The maximum atomic E-state index is 13.7. The van der Waals surface area contributed by atoms with Gasteiger partial charge in [-0.3, -0.25) is 14.5 Å². The molecule has 186 valence electrons. The fourth-order valence-corrected chi connectivity index (χ4v) is 5.81. The van der Waals surface area contributed by atoms with E-state index in [9.17, 15) is 9.59 Å². The van der Waals surface area contributed by atoms with E-state index in [1.54, 1.807) is 21.2 Å². The van der Waals surface area contributed by atoms with Crippen LogP contribution in [0.5, 0.6) is 0 Å². The van der Waals surface area contributed by atoms with Crippen LogP contribution in [0, 0.1) is 5.92 Å². The molecule has 1 aliphatic carbocycles. The van der Waals surface area contributed by atoms with Gasteiger partial charge in [0, 0.05) is 43.5 Å². The molecule has 0 spiro atoms. The van der Waals surface area contributed by atoms with Gasteiger partial charge >= 0.3 is 0 Å². The molecule has 3 aliphatic rings. The lowest BCUT2D eigenvalue weighted by Crippen LogP contribution is -2.49. The van der Waals surface area contributed by atoms with Crippen LogP contribution in [-0.4, -0.2) is 78.3 Å². The van der Waals surface area contributed by atoms with Gasteiger partial charge in [0.25, 0.3) is 5.91 Å². The van der Waals surface area contributed by atoms with Gasteiger partial charge in [0.2, 0.25) is 5.91 Å². The van der Waals surface area contributed by atoms with Crippen LogP contribution in [0.3, 0.4) is 0 Å². The number of rotatable bonds is 8. The first-order chi connectivity index (χ1) is 17.1. The van der Waals surface area contributed by atoms with Crippen LogP contribution in [0.2, 0.25) is 5.02 Å². The van der Waals surface area contributed by atoms with Gasteiger partial charge in [-0.15, -0.1) is 11.3 Å². The van der Waals surface area contributed by atoms with Gasteiger partial charge in [0.1, 0.15) is 6.54 Å². The second kappa shape index (κ2) is 11.2. The summed E-state index contributed by atoms with van der Waals surface area (Å²) in [5.74, 6) is -0.0412. The lowest BCUT2D eigenvalue weighted by atomic mass is 9.84. The number of thiophene rings is 1. The molecule has 5 rings (SSSR count). The molecule has 1 aromatic heterocycles. The third-order valence-corrected chi connectivity index (χ3v) is 8.38. The van der Waals surface area contributed by atoms with Gasteiger partial charge in [0.05, 0.1) is 29.8 Å². The Morgan fingerprint density at radius 1 is 1.14 bits per heavy atom. The Hall–Kier alpha value is -2.26. The first-order valence-electron chi connectivity index (χ1n) is 12.4. The fraction of sp³-hybridized carbons (Fsp3) is 0.500. The molecule has 2 fully saturated rings. The molecule has 0 radical (unpaired) electrons. The molecular formula is C26H31ClN4O3S. The molecule has 35 heavy (non-hydrogen) atoms. The first-order valence-corrected chi connectivity index (χ1v) is 13.6. The van der Waals surface area contributed by atoms with E-state index in [1.165, 1.54) is 0 Å². The molecule has 0 bridgehead atoms. The van der Waals surface area contributed by atoms with E-state index in [2.05, 4.69) is 4.90 Å². The maximum absolute atomic E-state index is 13.7. The highest BCUT2D eigenvalue weighted by atomic mass is 35.5. The molecule has 9 heteroatoms. The van der Waals surface area contributed by atoms with E-state index in [1.807, 2.05) is 41.8 Å². The molecule has 1 aromatic carbocycles. The monoisotopic (exact) mass is 514 g/mol. The van der Waals surface area contributed by atoms with Crippen LogP contribution >= 0.6 is 22.9 Å². The first kappa shape index (κ1) is 24.4. The van der Waals surface area contributed by atoms with Crippen molar-refractivity contribution >= 4 is 40.5 Å². The van der Waals surface area contributed by atoms with Crippen molar-refractivity contribution in [1.82, 2.24) is 14.8 Å². The van der Waals surface area contributed by atoms with E-state index in [-0.39, 0.29) is 30.3 Å². The molecule has 0 N–H and O–H groups in total. The standard InChI is InChI=1S/C26H31ClN4O3S/c27-21-8-2-1-7-20(21)23-17-22(24-9-4-16-35-24)28-31(23)25(32)18-30(26(33)19-5-3-6-19)11-10-29-12-14-34-15-13-29/h1-2,4,7-9,16,19,23H,3,5-6,10-15,17-18H2/t23-/m1/s1. The SMILES string of the molecule is O=C(C1CCC1)N(CCN1CCOCC1)CC(=O)N1N=C(c2cccs2)C[C@@H]1c1ccccc1Cl. The Kier molecular flexibility index (Phi) is 7.82. The third kappa shape index (κ3) is 5.61. The maximum Gasteiger partial charge on any atom is 0.262 e. The van der Waals surface area contributed by atoms with E-state index < -0.39 is 0 Å². The average molecular weight is 515 g/mol. The van der Waals surface area contributed by atoms with Crippen molar-refractivity contribution < 1.29 is 14.3 Å². The van der Waals surface area contributed by atoms with Crippen molar-refractivity contribution in [2.75, 3.05) is 45.9 Å². The summed E-state index contributed by atoms with van der Waals surface area (Å²) < 4.78 is 5.45. The number of amides is 2.